The Morgan fingerprint density at radius 2 is 2.29 bits per heavy atom. The van der Waals surface area contributed by atoms with Crippen molar-refractivity contribution in [3.05, 3.63) is 21.6 Å². The fourth-order valence-electron chi connectivity index (χ4n) is 1.26. The normalized spacial score (nSPS) is 15.1. The first-order valence-electron chi connectivity index (χ1n) is 4.08. The van der Waals surface area contributed by atoms with Gasteiger partial charge in [0, 0.05) is 4.47 Å². The number of halogens is 2. The van der Waals surface area contributed by atoms with Crippen LogP contribution in [0.3, 0.4) is 0 Å². The topological polar surface area (TPSA) is 38.3 Å². The zero-order chi connectivity index (χ0) is 10.1. The van der Waals surface area contributed by atoms with Gasteiger partial charge in [0.2, 0.25) is 5.91 Å². The molecular formula is C9H7BrClNO2. The van der Waals surface area contributed by atoms with Crippen molar-refractivity contribution in [2.75, 3.05) is 11.9 Å². The van der Waals surface area contributed by atoms with Gasteiger partial charge in [-0.05, 0) is 12.1 Å². The van der Waals surface area contributed by atoms with Gasteiger partial charge in [-0.3, -0.25) is 4.79 Å². The van der Waals surface area contributed by atoms with E-state index in [1.165, 1.54) is 0 Å². The largest absolute Gasteiger partial charge is 0.489 e. The number of benzene rings is 1. The first kappa shape index (κ1) is 9.80. The summed E-state index contributed by atoms with van der Waals surface area (Å²) in [5.41, 5.74) is 0.617. The number of rotatable bonds is 0. The fraction of sp³-hybridized carbons (Fsp3) is 0.222. The highest BCUT2D eigenvalue weighted by atomic mass is 79.9. The van der Waals surface area contributed by atoms with Crippen LogP contribution < -0.4 is 10.1 Å². The van der Waals surface area contributed by atoms with Crippen LogP contribution in [0.5, 0.6) is 5.75 Å². The van der Waals surface area contributed by atoms with Crippen LogP contribution in [0.25, 0.3) is 0 Å². The number of anilines is 1. The van der Waals surface area contributed by atoms with Gasteiger partial charge in [0.1, 0.15) is 0 Å². The highest BCUT2D eigenvalue weighted by molar-refractivity contribution is 9.10. The van der Waals surface area contributed by atoms with Crippen LogP contribution in [0.2, 0.25) is 5.02 Å². The van der Waals surface area contributed by atoms with E-state index >= 15 is 0 Å². The molecule has 0 spiro atoms. The third-order valence-corrected chi connectivity index (χ3v) is 2.60. The lowest BCUT2D eigenvalue weighted by Crippen LogP contribution is -2.10. The van der Waals surface area contributed by atoms with Gasteiger partial charge in [0.15, 0.2) is 5.75 Å². The van der Waals surface area contributed by atoms with E-state index in [2.05, 4.69) is 21.2 Å². The van der Waals surface area contributed by atoms with Crippen molar-refractivity contribution in [2.45, 2.75) is 6.42 Å². The Kier molecular flexibility index (Phi) is 2.65. The van der Waals surface area contributed by atoms with E-state index in [4.69, 9.17) is 16.3 Å². The van der Waals surface area contributed by atoms with Crippen LogP contribution in [0.15, 0.2) is 16.6 Å². The van der Waals surface area contributed by atoms with E-state index in [0.717, 1.165) is 4.47 Å². The molecule has 1 aromatic rings. The van der Waals surface area contributed by atoms with E-state index in [1.807, 2.05) is 0 Å². The lowest BCUT2D eigenvalue weighted by atomic mass is 10.3. The highest BCUT2D eigenvalue weighted by Crippen LogP contribution is 2.37. The van der Waals surface area contributed by atoms with Gasteiger partial charge in [0.25, 0.3) is 0 Å². The molecule has 2 rings (SSSR count). The van der Waals surface area contributed by atoms with E-state index in [0.29, 0.717) is 29.5 Å². The third kappa shape index (κ3) is 1.86. The second-order valence-corrected chi connectivity index (χ2v) is 4.23. The van der Waals surface area contributed by atoms with E-state index in [1.54, 1.807) is 12.1 Å². The fourth-order valence-corrected chi connectivity index (χ4v) is 2.12. The van der Waals surface area contributed by atoms with Crippen molar-refractivity contribution >= 4 is 39.1 Å². The number of nitrogens with one attached hydrogen (secondary N) is 1. The predicted octanol–water partition coefficient (Wildman–Crippen LogP) is 2.82. The summed E-state index contributed by atoms with van der Waals surface area (Å²) in [6.45, 7) is 0.361. The van der Waals surface area contributed by atoms with Crippen LogP contribution in [0.1, 0.15) is 6.42 Å². The standard InChI is InChI=1S/C9H7BrClNO2/c10-5-3-6(11)9-7(4-5)12-8(13)1-2-14-9/h3-4H,1-2H2,(H,12,13). The summed E-state index contributed by atoms with van der Waals surface area (Å²) in [6, 6.07) is 3.50. The molecule has 0 saturated carbocycles. The Bertz CT molecular complexity index is 395. The molecule has 0 fully saturated rings. The molecule has 5 heteroatoms. The summed E-state index contributed by atoms with van der Waals surface area (Å²) in [5, 5.41) is 3.22. The molecule has 3 nitrogen and oxygen atoms in total. The molecule has 0 atom stereocenters. The zero-order valence-electron chi connectivity index (χ0n) is 7.14. The maximum atomic E-state index is 11.2. The van der Waals surface area contributed by atoms with Crippen molar-refractivity contribution in [2.24, 2.45) is 0 Å². The quantitative estimate of drug-likeness (QED) is 0.791. The Labute approximate surface area is 94.5 Å². The SMILES string of the molecule is O=C1CCOc2c(Cl)cc(Br)cc2N1. The minimum atomic E-state index is -0.0575. The predicted molar refractivity (Wildman–Crippen MR) is 57.9 cm³/mol. The van der Waals surface area contributed by atoms with Crippen molar-refractivity contribution in [1.82, 2.24) is 0 Å². The maximum absolute atomic E-state index is 11.2. The molecule has 1 aliphatic rings. The van der Waals surface area contributed by atoms with Crippen LogP contribution in [-0.4, -0.2) is 12.5 Å². The Morgan fingerprint density at radius 1 is 1.50 bits per heavy atom. The maximum Gasteiger partial charge on any atom is 0.227 e. The number of amides is 1. The monoisotopic (exact) mass is 275 g/mol. The lowest BCUT2D eigenvalue weighted by molar-refractivity contribution is -0.116. The zero-order valence-corrected chi connectivity index (χ0v) is 9.48. The van der Waals surface area contributed by atoms with Crippen LogP contribution in [-0.2, 0) is 4.79 Å². The van der Waals surface area contributed by atoms with Gasteiger partial charge in [-0.2, -0.15) is 0 Å². The van der Waals surface area contributed by atoms with Crippen molar-refractivity contribution in [1.29, 1.82) is 0 Å². The average molecular weight is 277 g/mol. The molecule has 0 radical (unpaired) electrons. The van der Waals surface area contributed by atoms with Gasteiger partial charge in [-0.25, -0.2) is 0 Å². The number of carbonyl (C=O) groups is 1. The first-order valence-corrected chi connectivity index (χ1v) is 5.25. The van der Waals surface area contributed by atoms with Crippen molar-refractivity contribution in [3.63, 3.8) is 0 Å². The summed E-state index contributed by atoms with van der Waals surface area (Å²) >= 11 is 9.26. The molecule has 1 heterocycles. The van der Waals surface area contributed by atoms with Crippen LogP contribution in [0, 0.1) is 0 Å². The number of fused-ring (bicyclic) bond motifs is 1. The number of carbonyl (C=O) groups excluding carboxylic acids is 1. The smallest absolute Gasteiger partial charge is 0.227 e. The van der Waals surface area contributed by atoms with Crippen LogP contribution >= 0.6 is 27.5 Å². The van der Waals surface area contributed by atoms with Crippen molar-refractivity contribution in [3.8, 4) is 5.75 Å². The molecule has 1 amide bonds. The minimum absolute atomic E-state index is 0.0575. The van der Waals surface area contributed by atoms with E-state index in [-0.39, 0.29) is 5.91 Å². The highest BCUT2D eigenvalue weighted by Gasteiger charge is 2.16. The molecule has 0 unspecified atom stereocenters. The Morgan fingerprint density at radius 3 is 3.07 bits per heavy atom. The summed E-state index contributed by atoms with van der Waals surface area (Å²) in [7, 11) is 0. The first-order chi connectivity index (χ1) is 6.66. The molecule has 0 aromatic heterocycles. The molecule has 74 valence electrons. The molecule has 0 bridgehead atoms. The third-order valence-electron chi connectivity index (χ3n) is 1.86. The van der Waals surface area contributed by atoms with E-state index in [9.17, 15) is 4.79 Å². The average Bonchev–Trinajstić information content (AvgIpc) is 2.25. The van der Waals surface area contributed by atoms with Gasteiger partial charge in [-0.1, -0.05) is 27.5 Å². The molecule has 0 saturated heterocycles. The summed E-state index contributed by atoms with van der Waals surface area (Å²) in [5.74, 6) is 0.485. The number of hydrogen-bond donors (Lipinski definition) is 1. The number of ether oxygens (including phenoxy) is 1. The molecule has 1 aromatic carbocycles. The Balaban J connectivity index is 2.50. The van der Waals surface area contributed by atoms with Gasteiger partial charge >= 0.3 is 0 Å². The van der Waals surface area contributed by atoms with Gasteiger partial charge < -0.3 is 10.1 Å². The molecular weight excluding hydrogens is 269 g/mol. The van der Waals surface area contributed by atoms with Crippen molar-refractivity contribution < 1.29 is 9.53 Å². The minimum Gasteiger partial charge on any atom is -0.489 e. The van der Waals surface area contributed by atoms with Gasteiger partial charge in [0.05, 0.1) is 23.7 Å². The second-order valence-electron chi connectivity index (χ2n) is 2.91. The molecule has 1 aliphatic heterocycles. The second kappa shape index (κ2) is 3.79. The summed E-state index contributed by atoms with van der Waals surface area (Å²) in [6.07, 6.45) is 0.350. The molecule has 1 N–H and O–H groups in total. The molecule has 14 heavy (non-hydrogen) atoms. The van der Waals surface area contributed by atoms with E-state index < -0.39 is 0 Å². The summed E-state index contributed by atoms with van der Waals surface area (Å²) < 4.78 is 6.18. The lowest BCUT2D eigenvalue weighted by Gasteiger charge is -2.09. The number of hydrogen-bond acceptors (Lipinski definition) is 2. The van der Waals surface area contributed by atoms with Gasteiger partial charge in [-0.15, -0.1) is 0 Å². The summed E-state index contributed by atoms with van der Waals surface area (Å²) in [4.78, 5) is 11.2. The molecule has 0 aliphatic carbocycles. The Hall–Kier alpha value is -0.740. The van der Waals surface area contributed by atoms with Crippen LogP contribution in [0.4, 0.5) is 5.69 Å².